The topological polar surface area (TPSA) is 188 Å². The number of amides is 3. The van der Waals surface area contributed by atoms with E-state index in [1.165, 1.54) is 18.7 Å². The van der Waals surface area contributed by atoms with E-state index in [0.717, 1.165) is 0 Å². The highest BCUT2D eigenvalue weighted by Crippen LogP contribution is 2.05. The minimum absolute atomic E-state index is 0.0188. The fraction of sp³-hybridized carbons (Fsp3) is 0.688. The summed E-state index contributed by atoms with van der Waals surface area (Å²) >= 11 is 5.32. The van der Waals surface area contributed by atoms with Gasteiger partial charge in [0, 0.05) is 12.2 Å². The van der Waals surface area contributed by atoms with Crippen molar-refractivity contribution in [3.05, 3.63) is 0 Å². The van der Waals surface area contributed by atoms with Gasteiger partial charge in [-0.1, -0.05) is 0 Å². The number of aliphatic carboxylic acids is 2. The lowest BCUT2D eigenvalue weighted by atomic mass is 10.1. The number of thiol groups is 1. The number of carboxylic acids is 2. The van der Waals surface area contributed by atoms with Gasteiger partial charge in [-0.3, -0.25) is 24.0 Å². The van der Waals surface area contributed by atoms with E-state index in [9.17, 15) is 24.0 Å². The van der Waals surface area contributed by atoms with E-state index in [4.69, 9.17) is 15.9 Å². The summed E-state index contributed by atoms with van der Waals surface area (Å²) in [5.74, 6) is -4.03. The smallest absolute Gasteiger partial charge is 0.325 e. The van der Waals surface area contributed by atoms with E-state index < -0.39 is 60.2 Å². The maximum atomic E-state index is 12.6. The van der Waals surface area contributed by atoms with Crippen LogP contribution in [0.4, 0.5) is 0 Å². The number of carbonyl (C=O) groups is 5. The molecule has 0 aromatic carbocycles. The monoisotopic (exact) mass is 452 g/mol. The van der Waals surface area contributed by atoms with Crippen LogP contribution < -0.4 is 21.7 Å². The number of thioether (sulfide) groups is 1. The Hall–Kier alpha value is -1.99. The van der Waals surface area contributed by atoms with Crippen LogP contribution in [-0.4, -0.2) is 81.8 Å². The average Bonchev–Trinajstić information content (AvgIpc) is 2.66. The Morgan fingerprint density at radius 3 is 1.97 bits per heavy atom. The van der Waals surface area contributed by atoms with Crippen LogP contribution in [0.25, 0.3) is 0 Å². The van der Waals surface area contributed by atoms with Gasteiger partial charge in [-0.15, -0.1) is 0 Å². The molecule has 0 saturated carbocycles. The maximum absolute atomic E-state index is 12.6. The first-order valence-electron chi connectivity index (χ1n) is 8.74. The van der Waals surface area contributed by atoms with E-state index in [1.54, 1.807) is 6.26 Å². The third-order valence-corrected chi connectivity index (χ3v) is 4.82. The molecule has 0 spiro atoms. The molecule has 4 unspecified atom stereocenters. The molecule has 0 aliphatic heterocycles. The number of carbonyl (C=O) groups excluding carboxylic acids is 3. The molecule has 0 bridgehead atoms. The first-order valence-corrected chi connectivity index (χ1v) is 10.8. The quantitative estimate of drug-likeness (QED) is 0.153. The standard InChI is InChI=1S/C16H28N4O7S2/c1-8(16(26)27)18-14(24)11(5-6-29-2)20-15(25)10(3-4-12(21)22)19-13(23)9(17)7-28/h8-11,28H,3-7,17H2,1-2H3,(H,18,24)(H,19,23)(H,20,25)(H,21,22)(H,26,27). The molecule has 13 heteroatoms. The van der Waals surface area contributed by atoms with Crippen molar-refractivity contribution in [1.29, 1.82) is 0 Å². The molecule has 0 fully saturated rings. The van der Waals surface area contributed by atoms with Gasteiger partial charge in [0.1, 0.15) is 18.1 Å². The van der Waals surface area contributed by atoms with Crippen molar-refractivity contribution >= 4 is 54.1 Å². The summed E-state index contributed by atoms with van der Waals surface area (Å²) in [7, 11) is 0. The van der Waals surface area contributed by atoms with Crippen molar-refractivity contribution in [3.8, 4) is 0 Å². The first kappa shape index (κ1) is 27.0. The second-order valence-electron chi connectivity index (χ2n) is 6.19. The molecular formula is C16H28N4O7S2. The fourth-order valence-corrected chi connectivity index (χ4v) is 2.69. The Morgan fingerprint density at radius 1 is 0.966 bits per heavy atom. The second-order valence-corrected chi connectivity index (χ2v) is 7.54. The van der Waals surface area contributed by atoms with Crippen LogP contribution in [-0.2, 0) is 24.0 Å². The highest BCUT2D eigenvalue weighted by atomic mass is 32.2. The van der Waals surface area contributed by atoms with Gasteiger partial charge >= 0.3 is 11.9 Å². The minimum Gasteiger partial charge on any atom is -0.481 e. The predicted molar refractivity (Wildman–Crippen MR) is 111 cm³/mol. The molecule has 11 nitrogen and oxygen atoms in total. The number of carboxylic acid groups (broad SMARTS) is 2. The molecule has 0 aromatic heterocycles. The maximum Gasteiger partial charge on any atom is 0.325 e. The molecule has 0 radical (unpaired) electrons. The largest absolute Gasteiger partial charge is 0.481 e. The lowest BCUT2D eigenvalue weighted by Crippen LogP contribution is -2.57. The van der Waals surface area contributed by atoms with E-state index in [2.05, 4.69) is 28.6 Å². The Balaban J connectivity index is 5.29. The normalized spacial score (nSPS) is 14.8. The lowest BCUT2D eigenvalue weighted by molar-refractivity contribution is -0.141. The molecule has 0 saturated heterocycles. The molecule has 0 aliphatic carbocycles. The van der Waals surface area contributed by atoms with Crippen molar-refractivity contribution in [2.75, 3.05) is 17.8 Å². The van der Waals surface area contributed by atoms with Crippen LogP contribution in [0.3, 0.4) is 0 Å². The van der Waals surface area contributed by atoms with Gasteiger partial charge < -0.3 is 31.9 Å². The molecule has 166 valence electrons. The van der Waals surface area contributed by atoms with Gasteiger partial charge in [0.15, 0.2) is 0 Å². The summed E-state index contributed by atoms with van der Waals surface area (Å²) in [6, 6.07) is -4.44. The third kappa shape index (κ3) is 10.9. The summed E-state index contributed by atoms with van der Waals surface area (Å²) < 4.78 is 0. The van der Waals surface area contributed by atoms with Crippen molar-refractivity contribution in [3.63, 3.8) is 0 Å². The predicted octanol–water partition coefficient (Wildman–Crippen LogP) is -1.58. The molecule has 0 heterocycles. The lowest BCUT2D eigenvalue weighted by Gasteiger charge is -2.24. The zero-order valence-corrected chi connectivity index (χ0v) is 17.9. The zero-order chi connectivity index (χ0) is 22.6. The molecule has 7 N–H and O–H groups in total. The number of nitrogens with one attached hydrogen (secondary N) is 3. The van der Waals surface area contributed by atoms with Gasteiger partial charge in [-0.2, -0.15) is 24.4 Å². The summed E-state index contributed by atoms with van der Waals surface area (Å²) in [4.78, 5) is 58.8. The molecule has 0 rings (SSSR count). The molecule has 4 atom stereocenters. The highest BCUT2D eigenvalue weighted by Gasteiger charge is 2.29. The molecule has 0 aliphatic rings. The Kier molecular flexibility index (Phi) is 13.1. The fourth-order valence-electron chi connectivity index (χ4n) is 2.05. The van der Waals surface area contributed by atoms with Crippen LogP contribution in [0, 0.1) is 0 Å². The van der Waals surface area contributed by atoms with E-state index in [0.29, 0.717) is 5.75 Å². The average molecular weight is 453 g/mol. The van der Waals surface area contributed by atoms with Gasteiger partial charge in [-0.25, -0.2) is 0 Å². The highest BCUT2D eigenvalue weighted by molar-refractivity contribution is 7.98. The molecule has 0 aromatic rings. The van der Waals surface area contributed by atoms with Crippen molar-refractivity contribution in [1.82, 2.24) is 16.0 Å². The third-order valence-electron chi connectivity index (χ3n) is 3.79. The number of hydrogen-bond acceptors (Lipinski definition) is 8. The molecule has 3 amide bonds. The van der Waals surface area contributed by atoms with E-state index in [-0.39, 0.29) is 18.6 Å². The van der Waals surface area contributed by atoms with Crippen LogP contribution >= 0.6 is 24.4 Å². The summed E-state index contributed by atoms with van der Waals surface area (Å²) in [5, 5.41) is 24.9. The van der Waals surface area contributed by atoms with E-state index >= 15 is 0 Å². The molecular weight excluding hydrogens is 424 g/mol. The number of nitrogens with two attached hydrogens (primary N) is 1. The van der Waals surface area contributed by atoms with Gasteiger partial charge in [0.05, 0.1) is 6.04 Å². The Bertz CT molecular complexity index is 606. The summed E-state index contributed by atoms with van der Waals surface area (Å²) in [5.41, 5.74) is 5.56. The number of hydrogen-bond donors (Lipinski definition) is 7. The van der Waals surface area contributed by atoms with Gasteiger partial charge in [-0.05, 0) is 31.8 Å². The zero-order valence-electron chi connectivity index (χ0n) is 16.2. The van der Waals surface area contributed by atoms with Gasteiger partial charge in [0.2, 0.25) is 17.7 Å². The van der Waals surface area contributed by atoms with Crippen LogP contribution in [0.15, 0.2) is 0 Å². The van der Waals surface area contributed by atoms with E-state index in [1.807, 2.05) is 0 Å². The summed E-state index contributed by atoms with van der Waals surface area (Å²) in [6.07, 6.45) is 1.40. The van der Waals surface area contributed by atoms with Crippen molar-refractivity contribution in [2.24, 2.45) is 5.73 Å². The van der Waals surface area contributed by atoms with Crippen LogP contribution in [0.1, 0.15) is 26.2 Å². The van der Waals surface area contributed by atoms with Crippen LogP contribution in [0.5, 0.6) is 0 Å². The minimum atomic E-state index is -1.24. The van der Waals surface area contributed by atoms with Crippen LogP contribution in [0.2, 0.25) is 0 Å². The number of rotatable bonds is 14. The Morgan fingerprint density at radius 2 is 1.48 bits per heavy atom. The Labute approximate surface area is 178 Å². The SMILES string of the molecule is CSCCC(NC(=O)C(CCC(=O)O)NC(=O)C(N)CS)C(=O)NC(C)C(=O)O. The molecule has 29 heavy (non-hydrogen) atoms. The first-order chi connectivity index (χ1) is 13.5. The summed E-state index contributed by atoms with van der Waals surface area (Å²) in [6.45, 7) is 1.28. The van der Waals surface area contributed by atoms with Crippen molar-refractivity contribution in [2.45, 2.75) is 50.4 Å². The van der Waals surface area contributed by atoms with Crippen molar-refractivity contribution < 1.29 is 34.2 Å². The van der Waals surface area contributed by atoms with Gasteiger partial charge in [0.25, 0.3) is 0 Å². The second kappa shape index (κ2) is 14.1.